The highest BCUT2D eigenvalue weighted by molar-refractivity contribution is 7.22. The summed E-state index contributed by atoms with van der Waals surface area (Å²) in [5, 5.41) is 14.4. The number of para-hydroxylation sites is 2. The lowest BCUT2D eigenvalue weighted by Gasteiger charge is -1.96. The Labute approximate surface area is 114 Å². The third kappa shape index (κ3) is 2.56. The molecule has 4 nitrogen and oxygen atoms in total. The number of hydrazone groups is 1. The topological polar surface area (TPSA) is 57.5 Å². The van der Waals surface area contributed by atoms with Gasteiger partial charge in [-0.25, -0.2) is 4.98 Å². The molecule has 94 valence electrons. The van der Waals surface area contributed by atoms with Gasteiger partial charge in [0.15, 0.2) is 0 Å². The molecule has 0 bridgehead atoms. The van der Waals surface area contributed by atoms with Crippen molar-refractivity contribution in [2.75, 3.05) is 5.43 Å². The minimum absolute atomic E-state index is 0.206. The van der Waals surface area contributed by atoms with E-state index in [0.717, 1.165) is 15.3 Å². The van der Waals surface area contributed by atoms with Crippen LogP contribution in [0.3, 0.4) is 0 Å². The molecule has 0 fully saturated rings. The van der Waals surface area contributed by atoms with Crippen LogP contribution in [0.15, 0.2) is 53.6 Å². The molecule has 1 heterocycles. The SMILES string of the molecule is Oc1ccccc1/C=N\Nc1nc2ccccc2s1. The van der Waals surface area contributed by atoms with Gasteiger partial charge < -0.3 is 5.11 Å². The molecule has 0 aliphatic carbocycles. The Morgan fingerprint density at radius 2 is 1.89 bits per heavy atom. The highest BCUT2D eigenvalue weighted by Gasteiger charge is 2.01. The number of phenols is 1. The normalized spacial score (nSPS) is 11.2. The van der Waals surface area contributed by atoms with Crippen molar-refractivity contribution < 1.29 is 5.11 Å². The van der Waals surface area contributed by atoms with Gasteiger partial charge in [0.1, 0.15) is 5.75 Å². The maximum absolute atomic E-state index is 9.59. The van der Waals surface area contributed by atoms with Crippen molar-refractivity contribution in [3.63, 3.8) is 0 Å². The Morgan fingerprint density at radius 3 is 2.74 bits per heavy atom. The molecule has 5 heteroatoms. The first kappa shape index (κ1) is 11.7. The summed E-state index contributed by atoms with van der Waals surface area (Å²) in [7, 11) is 0. The zero-order valence-corrected chi connectivity index (χ0v) is 10.8. The minimum atomic E-state index is 0.206. The quantitative estimate of drug-likeness (QED) is 0.565. The summed E-state index contributed by atoms with van der Waals surface area (Å²) in [4.78, 5) is 4.40. The number of fused-ring (bicyclic) bond motifs is 1. The van der Waals surface area contributed by atoms with E-state index in [4.69, 9.17) is 0 Å². The molecule has 1 aromatic heterocycles. The number of anilines is 1. The molecular formula is C14H11N3OS. The van der Waals surface area contributed by atoms with Crippen LogP contribution in [0.5, 0.6) is 5.75 Å². The fourth-order valence-corrected chi connectivity index (χ4v) is 2.49. The van der Waals surface area contributed by atoms with Crippen molar-refractivity contribution in [2.24, 2.45) is 5.10 Å². The fourth-order valence-electron chi connectivity index (χ4n) is 1.67. The summed E-state index contributed by atoms with van der Waals surface area (Å²) in [6.07, 6.45) is 1.57. The van der Waals surface area contributed by atoms with E-state index in [1.807, 2.05) is 30.3 Å². The van der Waals surface area contributed by atoms with Crippen LogP contribution in [-0.4, -0.2) is 16.3 Å². The van der Waals surface area contributed by atoms with Gasteiger partial charge in [0.05, 0.1) is 16.4 Å². The maximum atomic E-state index is 9.59. The molecule has 0 saturated heterocycles. The molecule has 2 N–H and O–H groups in total. The molecule has 0 atom stereocenters. The zero-order valence-electron chi connectivity index (χ0n) is 9.95. The van der Waals surface area contributed by atoms with E-state index in [1.54, 1.807) is 24.4 Å². The molecule has 2 aromatic carbocycles. The number of hydrogen-bond donors (Lipinski definition) is 2. The van der Waals surface area contributed by atoms with Crippen molar-refractivity contribution in [3.05, 3.63) is 54.1 Å². The molecular weight excluding hydrogens is 258 g/mol. The summed E-state index contributed by atoms with van der Waals surface area (Å²) in [6.45, 7) is 0. The predicted molar refractivity (Wildman–Crippen MR) is 78.9 cm³/mol. The van der Waals surface area contributed by atoms with E-state index >= 15 is 0 Å². The van der Waals surface area contributed by atoms with Crippen LogP contribution in [0.4, 0.5) is 5.13 Å². The Morgan fingerprint density at radius 1 is 1.11 bits per heavy atom. The average Bonchev–Trinajstić information content (AvgIpc) is 2.83. The smallest absolute Gasteiger partial charge is 0.204 e. The third-order valence-corrected chi connectivity index (χ3v) is 3.54. The second-order valence-electron chi connectivity index (χ2n) is 3.92. The molecule has 19 heavy (non-hydrogen) atoms. The highest BCUT2D eigenvalue weighted by Crippen LogP contribution is 2.25. The number of aromatic hydroxyl groups is 1. The van der Waals surface area contributed by atoms with Gasteiger partial charge in [-0.15, -0.1) is 0 Å². The zero-order chi connectivity index (χ0) is 13.1. The molecule has 0 aliphatic rings. The van der Waals surface area contributed by atoms with E-state index in [-0.39, 0.29) is 5.75 Å². The fraction of sp³-hybridized carbons (Fsp3) is 0. The van der Waals surface area contributed by atoms with Gasteiger partial charge in [0, 0.05) is 5.56 Å². The van der Waals surface area contributed by atoms with Crippen molar-refractivity contribution in [1.82, 2.24) is 4.98 Å². The van der Waals surface area contributed by atoms with Crippen molar-refractivity contribution in [1.29, 1.82) is 0 Å². The maximum Gasteiger partial charge on any atom is 0.204 e. The van der Waals surface area contributed by atoms with Crippen molar-refractivity contribution in [3.8, 4) is 5.75 Å². The lowest BCUT2D eigenvalue weighted by atomic mass is 10.2. The van der Waals surface area contributed by atoms with Gasteiger partial charge in [-0.2, -0.15) is 5.10 Å². The van der Waals surface area contributed by atoms with E-state index in [0.29, 0.717) is 5.56 Å². The Hall–Kier alpha value is -2.40. The Bertz CT molecular complexity index is 703. The summed E-state index contributed by atoms with van der Waals surface area (Å²) in [5.74, 6) is 0.206. The van der Waals surface area contributed by atoms with Crippen LogP contribution >= 0.6 is 11.3 Å². The Kier molecular flexibility index (Phi) is 3.12. The van der Waals surface area contributed by atoms with Gasteiger partial charge >= 0.3 is 0 Å². The molecule has 0 amide bonds. The standard InChI is InChI=1S/C14H11N3OS/c18-12-7-3-1-5-10(12)9-15-17-14-16-11-6-2-4-8-13(11)19-14/h1-9,18H,(H,16,17)/b15-9-. The summed E-state index contributed by atoms with van der Waals surface area (Å²) in [5.41, 5.74) is 4.49. The number of benzene rings is 2. The Balaban J connectivity index is 1.77. The largest absolute Gasteiger partial charge is 0.507 e. The van der Waals surface area contributed by atoms with Crippen LogP contribution in [0, 0.1) is 0 Å². The summed E-state index contributed by atoms with van der Waals surface area (Å²) < 4.78 is 1.11. The van der Waals surface area contributed by atoms with Gasteiger partial charge in [0.25, 0.3) is 0 Å². The first-order chi connectivity index (χ1) is 9.33. The summed E-state index contributed by atoms with van der Waals surface area (Å²) in [6, 6.07) is 15.0. The number of aromatic nitrogens is 1. The predicted octanol–water partition coefficient (Wildman–Crippen LogP) is 3.45. The lowest BCUT2D eigenvalue weighted by Crippen LogP contribution is -1.89. The van der Waals surface area contributed by atoms with Crippen LogP contribution in [0.25, 0.3) is 10.2 Å². The molecule has 3 rings (SSSR count). The molecule has 0 radical (unpaired) electrons. The van der Waals surface area contributed by atoms with E-state index in [2.05, 4.69) is 15.5 Å². The van der Waals surface area contributed by atoms with Gasteiger partial charge in [0.2, 0.25) is 5.13 Å². The molecule has 0 aliphatic heterocycles. The summed E-state index contributed by atoms with van der Waals surface area (Å²) >= 11 is 1.54. The van der Waals surface area contributed by atoms with Crippen LogP contribution in [-0.2, 0) is 0 Å². The van der Waals surface area contributed by atoms with Crippen molar-refractivity contribution in [2.45, 2.75) is 0 Å². The van der Waals surface area contributed by atoms with Crippen LogP contribution < -0.4 is 5.43 Å². The third-order valence-electron chi connectivity index (χ3n) is 2.59. The highest BCUT2D eigenvalue weighted by atomic mass is 32.1. The number of nitrogens with one attached hydrogen (secondary N) is 1. The van der Waals surface area contributed by atoms with E-state index in [1.165, 1.54) is 11.3 Å². The molecule has 3 aromatic rings. The van der Waals surface area contributed by atoms with E-state index < -0.39 is 0 Å². The van der Waals surface area contributed by atoms with Gasteiger partial charge in [-0.1, -0.05) is 35.6 Å². The van der Waals surface area contributed by atoms with Crippen LogP contribution in [0.2, 0.25) is 0 Å². The van der Waals surface area contributed by atoms with Gasteiger partial charge in [-0.3, -0.25) is 5.43 Å². The second kappa shape index (κ2) is 5.07. The molecule has 0 saturated carbocycles. The average molecular weight is 269 g/mol. The van der Waals surface area contributed by atoms with E-state index in [9.17, 15) is 5.11 Å². The molecule has 0 spiro atoms. The number of rotatable bonds is 3. The number of thiazole rings is 1. The minimum Gasteiger partial charge on any atom is -0.507 e. The van der Waals surface area contributed by atoms with Gasteiger partial charge in [-0.05, 0) is 24.3 Å². The van der Waals surface area contributed by atoms with Crippen LogP contribution in [0.1, 0.15) is 5.56 Å². The number of phenolic OH excluding ortho intramolecular Hbond substituents is 1. The van der Waals surface area contributed by atoms with Crippen molar-refractivity contribution >= 4 is 32.9 Å². The first-order valence-electron chi connectivity index (χ1n) is 5.75. The first-order valence-corrected chi connectivity index (χ1v) is 6.57. The number of nitrogens with zero attached hydrogens (tertiary/aromatic N) is 2. The molecule has 0 unspecified atom stereocenters. The monoisotopic (exact) mass is 269 g/mol. The number of hydrogen-bond acceptors (Lipinski definition) is 5. The second-order valence-corrected chi connectivity index (χ2v) is 4.95. The lowest BCUT2D eigenvalue weighted by molar-refractivity contribution is 0.474.